The molecule has 7 heteroatoms. The monoisotopic (exact) mass is 238 g/mol. The summed E-state index contributed by atoms with van der Waals surface area (Å²) in [5.74, 6) is -0.942. The summed E-state index contributed by atoms with van der Waals surface area (Å²) in [7, 11) is 0. The Kier molecular flexibility index (Phi) is 4.49. The zero-order chi connectivity index (χ0) is 12.7. The molecule has 0 bridgehead atoms. The summed E-state index contributed by atoms with van der Waals surface area (Å²) in [6.07, 6.45) is 4.74. The highest BCUT2D eigenvalue weighted by atomic mass is 16.7. The van der Waals surface area contributed by atoms with Gasteiger partial charge in [0.1, 0.15) is 6.26 Å². The predicted molar refractivity (Wildman–Crippen MR) is 56.2 cm³/mol. The number of amides is 1. The third-order valence-electron chi connectivity index (χ3n) is 1.68. The molecular weight excluding hydrogens is 228 g/mol. The van der Waals surface area contributed by atoms with Crippen LogP contribution in [-0.4, -0.2) is 38.9 Å². The predicted octanol–water partition coefficient (Wildman–Crippen LogP) is 1.21. The minimum atomic E-state index is -1.06. The van der Waals surface area contributed by atoms with Crippen LogP contribution in [0.25, 0.3) is 0 Å². The van der Waals surface area contributed by atoms with Crippen molar-refractivity contribution in [2.45, 2.75) is 0 Å². The molecule has 0 fully saturated rings. The molecule has 0 saturated carbocycles. The number of carbonyl (C=O) groups is 2. The Hall–Kier alpha value is -2.57. The summed E-state index contributed by atoms with van der Waals surface area (Å²) in [4.78, 5) is 28.2. The van der Waals surface area contributed by atoms with Crippen LogP contribution in [0.2, 0.25) is 0 Å². The van der Waals surface area contributed by atoms with Crippen molar-refractivity contribution >= 4 is 12.1 Å². The second kappa shape index (κ2) is 6.11. The van der Waals surface area contributed by atoms with Crippen LogP contribution in [0.4, 0.5) is 4.79 Å². The molecule has 2 rings (SSSR count). The maximum atomic E-state index is 10.2. The first-order valence-corrected chi connectivity index (χ1v) is 4.57. The van der Waals surface area contributed by atoms with E-state index in [9.17, 15) is 9.59 Å². The van der Waals surface area contributed by atoms with Gasteiger partial charge in [-0.2, -0.15) is 0 Å². The van der Waals surface area contributed by atoms with Crippen molar-refractivity contribution in [3.63, 3.8) is 0 Å². The molecule has 1 aliphatic heterocycles. The quantitative estimate of drug-likeness (QED) is 0.762. The fourth-order valence-corrected chi connectivity index (χ4v) is 0.911. The van der Waals surface area contributed by atoms with Crippen molar-refractivity contribution in [2.24, 2.45) is 0 Å². The summed E-state index contributed by atoms with van der Waals surface area (Å²) in [5.41, 5.74) is 0.220. The van der Waals surface area contributed by atoms with Gasteiger partial charge in [0.25, 0.3) is 0 Å². The Morgan fingerprint density at radius 3 is 2.47 bits per heavy atom. The van der Waals surface area contributed by atoms with Crippen LogP contribution in [0.5, 0.6) is 0 Å². The zero-order valence-corrected chi connectivity index (χ0v) is 8.68. The highest BCUT2D eigenvalue weighted by Gasteiger charge is 2.12. The lowest BCUT2D eigenvalue weighted by molar-refractivity contribution is -0.0505. The Labute approximate surface area is 96.5 Å². The van der Waals surface area contributed by atoms with Gasteiger partial charge in [0.2, 0.25) is 0 Å². The second-order valence-corrected chi connectivity index (χ2v) is 2.87. The van der Waals surface area contributed by atoms with Gasteiger partial charge in [0.15, 0.2) is 0 Å². The number of nitrogens with zero attached hydrogens (tertiary/aromatic N) is 2. The van der Waals surface area contributed by atoms with Gasteiger partial charge in [-0.05, 0) is 18.2 Å². The number of hydrogen-bond acceptors (Lipinski definition) is 4. The summed E-state index contributed by atoms with van der Waals surface area (Å²) in [5, 5.41) is 17.4. The molecule has 2 N–H and O–H groups in total. The molecule has 0 unspecified atom stereocenters. The number of pyridine rings is 1. The molecule has 0 atom stereocenters. The number of carboxylic acid groups (broad SMARTS) is 2. The van der Waals surface area contributed by atoms with E-state index in [2.05, 4.69) is 9.82 Å². The summed E-state index contributed by atoms with van der Waals surface area (Å²) < 4.78 is 0. The first-order chi connectivity index (χ1) is 8.11. The van der Waals surface area contributed by atoms with E-state index in [0.717, 1.165) is 5.06 Å². The Balaban J connectivity index is 0.000000171. The van der Waals surface area contributed by atoms with Gasteiger partial charge in [-0.3, -0.25) is 4.98 Å². The SMILES string of the molecule is O=C(O)N1CC=CO1.O=C(O)c1cccnc1. The first-order valence-electron chi connectivity index (χ1n) is 4.57. The first kappa shape index (κ1) is 12.5. The van der Waals surface area contributed by atoms with Gasteiger partial charge in [0, 0.05) is 12.4 Å². The maximum Gasteiger partial charge on any atom is 0.441 e. The van der Waals surface area contributed by atoms with Crippen molar-refractivity contribution in [3.05, 3.63) is 42.4 Å². The van der Waals surface area contributed by atoms with Crippen LogP contribution in [0.15, 0.2) is 36.9 Å². The molecule has 90 valence electrons. The van der Waals surface area contributed by atoms with E-state index in [1.165, 1.54) is 24.7 Å². The molecule has 1 aromatic rings. The number of carboxylic acids is 1. The Bertz CT molecular complexity index is 410. The Morgan fingerprint density at radius 2 is 2.18 bits per heavy atom. The molecule has 17 heavy (non-hydrogen) atoms. The van der Waals surface area contributed by atoms with Crippen molar-refractivity contribution in [1.29, 1.82) is 0 Å². The van der Waals surface area contributed by atoms with Gasteiger partial charge in [-0.1, -0.05) is 0 Å². The molecule has 1 amide bonds. The van der Waals surface area contributed by atoms with E-state index in [-0.39, 0.29) is 5.56 Å². The van der Waals surface area contributed by atoms with Crippen LogP contribution in [0.3, 0.4) is 0 Å². The Morgan fingerprint density at radius 1 is 1.41 bits per heavy atom. The second-order valence-electron chi connectivity index (χ2n) is 2.87. The van der Waals surface area contributed by atoms with Gasteiger partial charge < -0.3 is 15.1 Å². The zero-order valence-electron chi connectivity index (χ0n) is 8.68. The van der Waals surface area contributed by atoms with E-state index in [0.29, 0.717) is 6.54 Å². The number of aromatic carboxylic acids is 1. The molecule has 2 heterocycles. The number of rotatable bonds is 1. The topological polar surface area (TPSA) is 100.0 Å². The van der Waals surface area contributed by atoms with Crippen molar-refractivity contribution in [3.8, 4) is 0 Å². The number of aromatic nitrogens is 1. The van der Waals surface area contributed by atoms with Crippen LogP contribution in [-0.2, 0) is 4.84 Å². The van der Waals surface area contributed by atoms with Crippen LogP contribution in [0, 0.1) is 0 Å². The largest absolute Gasteiger partial charge is 0.478 e. The third kappa shape index (κ3) is 4.20. The maximum absolute atomic E-state index is 10.2. The van der Waals surface area contributed by atoms with Crippen molar-refractivity contribution in [1.82, 2.24) is 10.0 Å². The number of hydroxylamine groups is 2. The molecule has 0 radical (unpaired) electrons. The average molecular weight is 238 g/mol. The molecule has 0 aliphatic carbocycles. The lowest BCUT2D eigenvalue weighted by Crippen LogP contribution is -2.24. The van der Waals surface area contributed by atoms with E-state index in [1.807, 2.05) is 0 Å². The minimum absolute atomic E-state index is 0.220. The lowest BCUT2D eigenvalue weighted by Gasteiger charge is -2.07. The van der Waals surface area contributed by atoms with Gasteiger partial charge in [0.05, 0.1) is 12.1 Å². The van der Waals surface area contributed by atoms with E-state index >= 15 is 0 Å². The molecule has 0 spiro atoms. The van der Waals surface area contributed by atoms with Crippen LogP contribution >= 0.6 is 0 Å². The average Bonchev–Trinajstić information content (AvgIpc) is 2.84. The van der Waals surface area contributed by atoms with E-state index in [1.54, 1.807) is 12.1 Å². The van der Waals surface area contributed by atoms with E-state index < -0.39 is 12.1 Å². The van der Waals surface area contributed by atoms with Gasteiger partial charge in [-0.15, -0.1) is 5.06 Å². The van der Waals surface area contributed by atoms with Gasteiger partial charge >= 0.3 is 12.1 Å². The normalized spacial score (nSPS) is 12.4. The van der Waals surface area contributed by atoms with Crippen LogP contribution in [0.1, 0.15) is 10.4 Å². The van der Waals surface area contributed by atoms with Gasteiger partial charge in [-0.25, -0.2) is 9.59 Å². The summed E-state index contributed by atoms with van der Waals surface area (Å²) in [6.45, 7) is 0.329. The molecule has 0 saturated heterocycles. The molecular formula is C10H10N2O5. The molecule has 1 aromatic heterocycles. The van der Waals surface area contributed by atoms with Crippen LogP contribution < -0.4 is 0 Å². The van der Waals surface area contributed by atoms with E-state index in [4.69, 9.17) is 10.2 Å². The molecule has 7 nitrogen and oxygen atoms in total. The fraction of sp³-hybridized carbons (Fsp3) is 0.100. The third-order valence-corrected chi connectivity index (χ3v) is 1.68. The fourth-order valence-electron chi connectivity index (χ4n) is 0.911. The standard InChI is InChI=1S/C6H5NO2.C4H5NO3/c8-6(9)5-2-1-3-7-4-5;6-4(7)5-2-1-3-8-5/h1-4H,(H,8,9);1,3H,2H2,(H,6,7). The minimum Gasteiger partial charge on any atom is -0.478 e. The lowest BCUT2D eigenvalue weighted by atomic mass is 10.3. The van der Waals surface area contributed by atoms with Crippen molar-refractivity contribution in [2.75, 3.05) is 6.54 Å². The summed E-state index contributed by atoms with van der Waals surface area (Å²) in [6, 6.07) is 3.08. The summed E-state index contributed by atoms with van der Waals surface area (Å²) >= 11 is 0. The number of hydrogen-bond donors (Lipinski definition) is 2. The molecule has 1 aliphatic rings. The van der Waals surface area contributed by atoms with Crippen molar-refractivity contribution < 1.29 is 24.6 Å². The smallest absolute Gasteiger partial charge is 0.441 e. The highest BCUT2D eigenvalue weighted by Crippen LogP contribution is 1.99. The highest BCUT2D eigenvalue weighted by molar-refractivity contribution is 5.86. The molecule has 0 aromatic carbocycles.